The molecule has 0 bridgehead atoms. The van der Waals surface area contributed by atoms with Gasteiger partial charge in [0.1, 0.15) is 0 Å². The minimum atomic E-state index is -0.292. The Kier molecular flexibility index (Phi) is 2.16. The molecule has 0 aliphatic heterocycles. The van der Waals surface area contributed by atoms with Crippen LogP contribution in [0, 0.1) is 17.9 Å². The van der Waals surface area contributed by atoms with E-state index in [1.165, 1.54) is 6.07 Å². The number of rotatable bonds is 0. The Bertz CT molecular complexity index is 142. The monoisotopic (exact) mass is 94.0 g/mol. The van der Waals surface area contributed by atoms with Crippen molar-refractivity contribution in [3.63, 3.8) is 0 Å². The average Bonchev–Trinajstić information content (AvgIpc) is 1.72. The molecule has 0 aromatic heterocycles. The largest absolute Gasteiger partial charge is 0.526 e. The van der Waals surface area contributed by atoms with E-state index in [9.17, 15) is 0 Å². The average molecular weight is 94.1 g/mol. The van der Waals surface area contributed by atoms with E-state index in [0.29, 0.717) is 6.26 Å². The van der Waals surface area contributed by atoms with Gasteiger partial charge in [-0.2, -0.15) is 0 Å². The van der Waals surface area contributed by atoms with Gasteiger partial charge in [0.25, 0.3) is 5.70 Å². The number of hydrogen-bond donors (Lipinski definition) is 1. The molecule has 0 saturated carbocycles. The van der Waals surface area contributed by atoms with Gasteiger partial charge in [0, 0.05) is 0 Å². The van der Waals surface area contributed by atoms with Crippen molar-refractivity contribution in [1.82, 2.24) is 0 Å². The molecule has 0 unspecified atom stereocenters. The molecule has 0 radical (unpaired) electrons. The van der Waals surface area contributed by atoms with Gasteiger partial charge in [0.2, 0.25) is 0 Å². The van der Waals surface area contributed by atoms with Crippen LogP contribution in [0.3, 0.4) is 0 Å². The van der Waals surface area contributed by atoms with Crippen LogP contribution in [-0.4, -0.2) is 5.11 Å². The first kappa shape index (κ1) is 5.52. The Hall–Kier alpha value is -1.48. The number of hydrogen-bond acceptors (Lipinski definition) is 2. The number of allylic oxidation sites excluding steroid dienone is 1. The number of nitriles is 1. The maximum atomic E-state index is 7.93. The van der Waals surface area contributed by atoms with Crippen molar-refractivity contribution in [2.24, 2.45) is 0 Å². The van der Waals surface area contributed by atoms with Gasteiger partial charge in [0.15, 0.2) is 0 Å². The Morgan fingerprint density at radius 1 is 2.00 bits per heavy atom. The molecular formula is C4H2N2O. The van der Waals surface area contributed by atoms with Gasteiger partial charge in [-0.25, -0.2) is 10.1 Å². The lowest BCUT2D eigenvalue weighted by molar-refractivity contribution is 0.471. The number of aliphatic hydroxyl groups is 1. The summed E-state index contributed by atoms with van der Waals surface area (Å²) in [6.45, 7) is 6.13. The molecule has 0 amide bonds. The van der Waals surface area contributed by atoms with E-state index in [0.717, 1.165) is 0 Å². The highest BCUT2D eigenvalue weighted by Crippen LogP contribution is 1.87. The van der Waals surface area contributed by atoms with Crippen LogP contribution >= 0.6 is 0 Å². The highest BCUT2D eigenvalue weighted by atomic mass is 16.2. The van der Waals surface area contributed by atoms with Crippen molar-refractivity contribution in [3.05, 3.63) is 23.4 Å². The zero-order valence-electron chi connectivity index (χ0n) is 3.42. The summed E-state index contributed by atoms with van der Waals surface area (Å²) in [5, 5.41) is 15.8. The van der Waals surface area contributed by atoms with Gasteiger partial charge in [-0.15, -0.1) is 0 Å². The number of nitrogens with zero attached hydrogens (tertiary/aromatic N) is 2. The highest BCUT2D eigenvalue weighted by molar-refractivity contribution is 5.24. The molecule has 0 aliphatic rings. The van der Waals surface area contributed by atoms with Gasteiger partial charge >= 0.3 is 0 Å². The van der Waals surface area contributed by atoms with Crippen LogP contribution in [0.25, 0.3) is 4.85 Å². The van der Waals surface area contributed by atoms with E-state index in [1.807, 2.05) is 0 Å². The molecule has 0 fully saturated rings. The van der Waals surface area contributed by atoms with Crippen LogP contribution in [0.1, 0.15) is 0 Å². The van der Waals surface area contributed by atoms with Gasteiger partial charge in [-0.3, -0.25) is 0 Å². The van der Waals surface area contributed by atoms with Crippen molar-refractivity contribution in [2.45, 2.75) is 0 Å². The Balaban J connectivity index is 4.03. The zero-order valence-corrected chi connectivity index (χ0v) is 3.42. The lowest BCUT2D eigenvalue weighted by Crippen LogP contribution is -1.62. The van der Waals surface area contributed by atoms with Crippen LogP contribution in [0.5, 0.6) is 0 Å². The first-order chi connectivity index (χ1) is 3.35. The van der Waals surface area contributed by atoms with Crippen molar-refractivity contribution in [3.8, 4) is 6.07 Å². The molecule has 3 heteroatoms. The molecule has 0 aromatic carbocycles. The van der Waals surface area contributed by atoms with E-state index >= 15 is 0 Å². The molecule has 0 saturated heterocycles. The lowest BCUT2D eigenvalue weighted by atomic mass is 10.6. The summed E-state index contributed by atoms with van der Waals surface area (Å²) >= 11 is 0. The summed E-state index contributed by atoms with van der Waals surface area (Å²) in [5.74, 6) is 0. The minimum Gasteiger partial charge on any atom is -0.526 e. The molecule has 0 heterocycles. The second kappa shape index (κ2) is 2.74. The molecule has 0 spiro atoms. The summed E-state index contributed by atoms with van der Waals surface area (Å²) in [6, 6.07) is 1.46. The molecule has 1 N–H and O–H groups in total. The first-order valence-electron chi connectivity index (χ1n) is 1.47. The van der Waals surface area contributed by atoms with Gasteiger partial charge in [-0.05, 0) is 0 Å². The van der Waals surface area contributed by atoms with Crippen LogP contribution in [-0.2, 0) is 0 Å². The SMILES string of the molecule is [C-]#[N+]/C(C#N)=C\O. The van der Waals surface area contributed by atoms with E-state index < -0.39 is 0 Å². The molecule has 3 nitrogen and oxygen atoms in total. The summed E-state index contributed by atoms with van der Waals surface area (Å²) < 4.78 is 0. The Morgan fingerprint density at radius 2 is 2.57 bits per heavy atom. The fraction of sp³-hybridized carbons (Fsp3) is 0. The molecule has 0 aromatic rings. The highest BCUT2D eigenvalue weighted by Gasteiger charge is 1.84. The predicted molar refractivity (Wildman–Crippen MR) is 22.9 cm³/mol. The summed E-state index contributed by atoms with van der Waals surface area (Å²) in [7, 11) is 0. The molecular weight excluding hydrogens is 92.1 g/mol. The maximum Gasteiger partial charge on any atom is 0.295 e. The second-order valence-electron chi connectivity index (χ2n) is 0.738. The van der Waals surface area contributed by atoms with Crippen molar-refractivity contribution in [1.29, 1.82) is 5.26 Å². The van der Waals surface area contributed by atoms with Gasteiger partial charge < -0.3 is 5.11 Å². The van der Waals surface area contributed by atoms with Crippen LogP contribution < -0.4 is 0 Å². The summed E-state index contributed by atoms with van der Waals surface area (Å²) in [5.41, 5.74) is -0.292. The van der Waals surface area contributed by atoms with E-state index in [-0.39, 0.29) is 5.70 Å². The zero-order chi connectivity index (χ0) is 5.70. The van der Waals surface area contributed by atoms with Gasteiger partial charge in [0.05, 0.1) is 18.9 Å². The first-order valence-corrected chi connectivity index (χ1v) is 1.47. The third-order valence-corrected chi connectivity index (χ3v) is 0.357. The predicted octanol–water partition coefficient (Wildman–Crippen LogP) is 0.829. The fourth-order valence-corrected chi connectivity index (χ4v) is 0.0827. The maximum absolute atomic E-state index is 7.93. The fourth-order valence-electron chi connectivity index (χ4n) is 0.0827. The van der Waals surface area contributed by atoms with E-state index in [2.05, 4.69) is 4.85 Å². The summed E-state index contributed by atoms with van der Waals surface area (Å²) in [4.78, 5) is 2.62. The van der Waals surface area contributed by atoms with E-state index in [4.69, 9.17) is 16.9 Å². The van der Waals surface area contributed by atoms with Crippen LogP contribution in [0.4, 0.5) is 0 Å². The molecule has 0 rings (SSSR count). The third-order valence-electron chi connectivity index (χ3n) is 0.357. The Labute approximate surface area is 40.9 Å². The minimum absolute atomic E-state index is 0.292. The normalized spacial score (nSPS) is 9.14. The van der Waals surface area contributed by atoms with Crippen LogP contribution in [0.15, 0.2) is 12.0 Å². The standard InChI is InChI=1S/C4H2N2O/c1-6-4(2-5)3-7/h3,7H/b4-3-. The van der Waals surface area contributed by atoms with Crippen molar-refractivity contribution < 1.29 is 5.11 Å². The Morgan fingerprint density at radius 3 is 2.57 bits per heavy atom. The molecule has 34 valence electrons. The summed E-state index contributed by atoms with van der Waals surface area (Å²) in [6.07, 6.45) is 0.479. The second-order valence-corrected chi connectivity index (χ2v) is 0.738. The third kappa shape index (κ3) is 1.40. The molecule has 7 heavy (non-hydrogen) atoms. The lowest BCUT2D eigenvalue weighted by Gasteiger charge is -1.68. The number of aliphatic hydroxyl groups excluding tert-OH is 1. The quantitative estimate of drug-likeness (QED) is 0.274. The molecule has 0 atom stereocenters. The van der Waals surface area contributed by atoms with Crippen molar-refractivity contribution in [2.75, 3.05) is 0 Å². The van der Waals surface area contributed by atoms with Crippen LogP contribution in [0.2, 0.25) is 0 Å². The van der Waals surface area contributed by atoms with Gasteiger partial charge in [-0.1, -0.05) is 0 Å². The smallest absolute Gasteiger partial charge is 0.295 e. The van der Waals surface area contributed by atoms with E-state index in [1.54, 1.807) is 0 Å². The van der Waals surface area contributed by atoms with Crippen molar-refractivity contribution >= 4 is 0 Å². The molecule has 0 aliphatic carbocycles. The topological polar surface area (TPSA) is 48.4 Å².